The number of carboxylic acid groups (broad SMARTS) is 1. The highest BCUT2D eigenvalue weighted by atomic mass is 16.4. The van der Waals surface area contributed by atoms with E-state index >= 15 is 0 Å². The molecule has 7 nitrogen and oxygen atoms in total. The fourth-order valence-corrected chi connectivity index (χ4v) is 2.65. The van der Waals surface area contributed by atoms with Gasteiger partial charge < -0.3 is 10.0 Å². The topological polar surface area (TPSA) is 84.1 Å². The molecule has 1 aromatic carbocycles. The third-order valence-corrected chi connectivity index (χ3v) is 3.84. The van der Waals surface area contributed by atoms with Crippen molar-refractivity contribution in [2.75, 3.05) is 20.6 Å². The molecule has 0 aliphatic heterocycles. The first-order chi connectivity index (χ1) is 11.6. The summed E-state index contributed by atoms with van der Waals surface area (Å²) in [4.78, 5) is 21.3. The number of para-hydroxylation sites is 1. The average molecular weight is 325 g/mol. The number of rotatable bonds is 6. The van der Waals surface area contributed by atoms with Gasteiger partial charge in [0.05, 0.1) is 17.8 Å². The van der Waals surface area contributed by atoms with Crippen molar-refractivity contribution in [1.29, 1.82) is 0 Å². The predicted octanol–water partition coefficient (Wildman–Crippen LogP) is 1.68. The molecular weight excluding hydrogens is 306 g/mol. The molecule has 0 aliphatic carbocycles. The Morgan fingerprint density at radius 3 is 2.83 bits per heavy atom. The first kappa shape index (κ1) is 16.1. The predicted molar refractivity (Wildman–Crippen MR) is 90.1 cm³/mol. The smallest absolute Gasteiger partial charge is 0.354 e. The molecule has 0 amide bonds. The van der Waals surface area contributed by atoms with Crippen LogP contribution >= 0.6 is 0 Å². The SMILES string of the molecule is CN(C)CCn1nc(Cc2cncnc2C(=O)O)c2ccccc21. The van der Waals surface area contributed by atoms with Crippen LogP contribution in [-0.4, -0.2) is 56.4 Å². The summed E-state index contributed by atoms with van der Waals surface area (Å²) in [6.07, 6.45) is 3.18. The van der Waals surface area contributed by atoms with Crippen molar-refractivity contribution in [1.82, 2.24) is 24.6 Å². The molecule has 0 bridgehead atoms. The van der Waals surface area contributed by atoms with Gasteiger partial charge >= 0.3 is 5.97 Å². The molecule has 0 aliphatic rings. The maximum absolute atomic E-state index is 11.3. The lowest BCUT2D eigenvalue weighted by Gasteiger charge is -2.09. The van der Waals surface area contributed by atoms with Crippen LogP contribution in [0.3, 0.4) is 0 Å². The molecule has 3 aromatic rings. The van der Waals surface area contributed by atoms with E-state index in [4.69, 9.17) is 5.10 Å². The molecule has 0 saturated carbocycles. The Hall–Kier alpha value is -2.80. The van der Waals surface area contributed by atoms with Gasteiger partial charge in [-0.2, -0.15) is 5.10 Å². The average Bonchev–Trinajstić information content (AvgIpc) is 2.91. The number of carbonyl (C=O) groups is 1. The van der Waals surface area contributed by atoms with Crippen LogP contribution in [0, 0.1) is 0 Å². The summed E-state index contributed by atoms with van der Waals surface area (Å²) in [7, 11) is 4.04. The zero-order chi connectivity index (χ0) is 17.1. The lowest BCUT2D eigenvalue weighted by atomic mass is 10.1. The molecule has 0 unspecified atom stereocenters. The molecule has 2 aromatic heterocycles. The van der Waals surface area contributed by atoms with Gasteiger partial charge in [0, 0.05) is 30.1 Å². The Balaban J connectivity index is 2.00. The molecule has 7 heteroatoms. The van der Waals surface area contributed by atoms with Crippen LogP contribution in [0.1, 0.15) is 21.7 Å². The van der Waals surface area contributed by atoms with Crippen molar-refractivity contribution in [3.8, 4) is 0 Å². The Morgan fingerprint density at radius 2 is 2.08 bits per heavy atom. The van der Waals surface area contributed by atoms with Gasteiger partial charge in [-0.1, -0.05) is 18.2 Å². The van der Waals surface area contributed by atoms with E-state index in [0.29, 0.717) is 12.0 Å². The van der Waals surface area contributed by atoms with Crippen molar-refractivity contribution in [3.05, 3.63) is 53.7 Å². The molecule has 3 rings (SSSR count). The molecular formula is C17H19N5O2. The largest absolute Gasteiger partial charge is 0.477 e. The summed E-state index contributed by atoms with van der Waals surface area (Å²) < 4.78 is 1.97. The lowest BCUT2D eigenvalue weighted by molar-refractivity contribution is 0.0689. The highest BCUT2D eigenvalue weighted by molar-refractivity contribution is 5.87. The zero-order valence-corrected chi connectivity index (χ0v) is 13.7. The molecule has 24 heavy (non-hydrogen) atoms. The maximum atomic E-state index is 11.3. The lowest BCUT2D eigenvalue weighted by Crippen LogP contribution is -2.19. The molecule has 1 N–H and O–H groups in total. The van der Waals surface area contributed by atoms with E-state index in [1.54, 1.807) is 6.20 Å². The molecule has 0 atom stereocenters. The fraction of sp³-hybridized carbons (Fsp3) is 0.294. The standard InChI is InChI=1S/C17H19N5O2/c1-21(2)7-8-22-15-6-4-3-5-13(15)14(20-22)9-12-10-18-11-19-16(12)17(23)24/h3-6,10-11H,7-9H2,1-2H3,(H,23,24). The minimum atomic E-state index is -1.05. The number of likely N-dealkylation sites (N-methyl/N-ethyl adjacent to an activating group) is 1. The maximum Gasteiger partial charge on any atom is 0.354 e. The van der Waals surface area contributed by atoms with E-state index in [-0.39, 0.29) is 5.69 Å². The Morgan fingerprint density at radius 1 is 1.29 bits per heavy atom. The number of hydrogen-bond donors (Lipinski definition) is 1. The van der Waals surface area contributed by atoms with Gasteiger partial charge in [0.15, 0.2) is 5.69 Å². The third kappa shape index (κ3) is 3.26. The number of hydrogen-bond acceptors (Lipinski definition) is 5. The van der Waals surface area contributed by atoms with Gasteiger partial charge in [-0.15, -0.1) is 0 Å². The van der Waals surface area contributed by atoms with Gasteiger partial charge in [-0.3, -0.25) is 4.68 Å². The Kier molecular flexibility index (Phi) is 4.52. The number of nitrogens with zero attached hydrogens (tertiary/aromatic N) is 5. The van der Waals surface area contributed by atoms with E-state index in [1.807, 2.05) is 43.0 Å². The number of fused-ring (bicyclic) bond motifs is 1. The molecule has 0 spiro atoms. The van der Waals surface area contributed by atoms with Gasteiger partial charge in [0.25, 0.3) is 0 Å². The van der Waals surface area contributed by atoms with Crippen LogP contribution in [0.4, 0.5) is 0 Å². The fourth-order valence-electron chi connectivity index (χ4n) is 2.65. The number of benzene rings is 1. The molecule has 0 fully saturated rings. The summed E-state index contributed by atoms with van der Waals surface area (Å²) in [5, 5.41) is 15.0. The Labute approximate surface area is 139 Å². The van der Waals surface area contributed by atoms with Crippen LogP contribution in [0.5, 0.6) is 0 Å². The summed E-state index contributed by atoms with van der Waals surface area (Å²) in [5.41, 5.74) is 2.47. The Bertz CT molecular complexity index is 872. The highest BCUT2D eigenvalue weighted by Crippen LogP contribution is 2.21. The molecule has 124 valence electrons. The van der Waals surface area contributed by atoms with Crippen LogP contribution in [0.2, 0.25) is 0 Å². The minimum absolute atomic E-state index is 0.0249. The van der Waals surface area contributed by atoms with Crippen molar-refractivity contribution >= 4 is 16.9 Å². The monoisotopic (exact) mass is 325 g/mol. The second-order valence-electron chi connectivity index (χ2n) is 5.87. The van der Waals surface area contributed by atoms with Crippen LogP contribution in [0.15, 0.2) is 36.8 Å². The van der Waals surface area contributed by atoms with E-state index in [1.165, 1.54) is 6.33 Å². The van der Waals surface area contributed by atoms with Crippen molar-refractivity contribution in [3.63, 3.8) is 0 Å². The first-order valence-electron chi connectivity index (χ1n) is 7.67. The quantitative estimate of drug-likeness (QED) is 0.742. The minimum Gasteiger partial charge on any atom is -0.477 e. The number of carboxylic acids is 1. The van der Waals surface area contributed by atoms with E-state index in [0.717, 1.165) is 29.7 Å². The molecule has 0 saturated heterocycles. The summed E-state index contributed by atoms with van der Waals surface area (Å²) >= 11 is 0. The third-order valence-electron chi connectivity index (χ3n) is 3.84. The second kappa shape index (κ2) is 6.76. The van der Waals surface area contributed by atoms with Gasteiger partial charge in [0.1, 0.15) is 6.33 Å². The van der Waals surface area contributed by atoms with Crippen molar-refractivity contribution in [2.24, 2.45) is 0 Å². The molecule has 0 radical (unpaired) electrons. The van der Waals surface area contributed by atoms with E-state index in [9.17, 15) is 9.90 Å². The van der Waals surface area contributed by atoms with Crippen LogP contribution in [0.25, 0.3) is 10.9 Å². The summed E-state index contributed by atoms with van der Waals surface area (Å²) in [6, 6.07) is 7.98. The van der Waals surface area contributed by atoms with E-state index < -0.39 is 5.97 Å². The number of aromatic carboxylic acids is 1. The summed E-state index contributed by atoms with van der Waals surface area (Å²) in [5.74, 6) is -1.05. The zero-order valence-electron chi connectivity index (χ0n) is 13.7. The normalized spacial score (nSPS) is 11.3. The highest BCUT2D eigenvalue weighted by Gasteiger charge is 2.16. The van der Waals surface area contributed by atoms with E-state index in [2.05, 4.69) is 14.9 Å². The summed E-state index contributed by atoms with van der Waals surface area (Å²) in [6.45, 7) is 1.64. The van der Waals surface area contributed by atoms with Crippen LogP contribution < -0.4 is 0 Å². The van der Waals surface area contributed by atoms with Crippen LogP contribution in [-0.2, 0) is 13.0 Å². The van der Waals surface area contributed by atoms with Gasteiger partial charge in [-0.05, 0) is 20.2 Å². The molecule has 2 heterocycles. The van der Waals surface area contributed by atoms with Gasteiger partial charge in [-0.25, -0.2) is 14.8 Å². The van der Waals surface area contributed by atoms with Crippen molar-refractivity contribution < 1.29 is 9.90 Å². The first-order valence-corrected chi connectivity index (χ1v) is 7.67. The second-order valence-corrected chi connectivity index (χ2v) is 5.87. The van der Waals surface area contributed by atoms with Gasteiger partial charge in [0.2, 0.25) is 0 Å². The number of aromatic nitrogens is 4. The van der Waals surface area contributed by atoms with Crippen molar-refractivity contribution in [2.45, 2.75) is 13.0 Å².